The lowest BCUT2D eigenvalue weighted by Gasteiger charge is -2.11. The smallest absolute Gasteiger partial charge is 0.331 e. The molecule has 0 bridgehead atoms. The molecule has 0 radical (unpaired) electrons. The summed E-state index contributed by atoms with van der Waals surface area (Å²) in [6.07, 6.45) is 3.18. The average molecular weight is 343 g/mol. The molecule has 3 rings (SSSR count). The Morgan fingerprint density at radius 3 is 2.80 bits per heavy atom. The quantitative estimate of drug-likeness (QED) is 0.632. The van der Waals surface area contributed by atoms with Gasteiger partial charge in [-0.1, -0.05) is 12.1 Å². The number of nitrogens with one attached hydrogen (secondary N) is 2. The second-order valence-electron chi connectivity index (χ2n) is 5.67. The van der Waals surface area contributed by atoms with Crippen LogP contribution in [0.2, 0.25) is 0 Å². The molecule has 0 saturated heterocycles. The van der Waals surface area contributed by atoms with E-state index in [2.05, 4.69) is 15.6 Å². The first-order valence-corrected chi connectivity index (χ1v) is 7.87. The lowest BCUT2D eigenvalue weighted by Crippen LogP contribution is -2.45. The third kappa shape index (κ3) is 4.66. The Morgan fingerprint density at radius 2 is 2.08 bits per heavy atom. The van der Waals surface area contributed by atoms with Crippen LogP contribution in [0.4, 0.5) is 4.79 Å². The predicted octanol–water partition coefficient (Wildman–Crippen LogP) is 1.76. The third-order valence-corrected chi connectivity index (χ3v) is 3.48. The summed E-state index contributed by atoms with van der Waals surface area (Å²) < 4.78 is 10.4. The van der Waals surface area contributed by atoms with E-state index in [1.54, 1.807) is 12.1 Å². The molecular weight excluding hydrogens is 326 g/mol. The number of para-hydroxylation sites is 2. The van der Waals surface area contributed by atoms with E-state index in [1.807, 2.05) is 12.1 Å². The zero-order valence-corrected chi connectivity index (χ0v) is 13.5. The van der Waals surface area contributed by atoms with E-state index in [4.69, 9.17) is 9.15 Å². The van der Waals surface area contributed by atoms with E-state index in [0.717, 1.165) is 18.9 Å². The van der Waals surface area contributed by atoms with Gasteiger partial charge in [-0.2, -0.15) is 0 Å². The maximum Gasteiger partial charge on any atom is 0.331 e. The number of nitrogens with zero attached hydrogens (tertiary/aromatic N) is 1. The molecule has 25 heavy (non-hydrogen) atoms. The summed E-state index contributed by atoms with van der Waals surface area (Å²) in [7, 11) is 0. The molecule has 0 spiro atoms. The van der Waals surface area contributed by atoms with Crippen LogP contribution < -0.4 is 10.6 Å². The van der Waals surface area contributed by atoms with Crippen molar-refractivity contribution in [2.45, 2.75) is 31.9 Å². The van der Waals surface area contributed by atoms with Crippen molar-refractivity contribution in [3.05, 3.63) is 36.2 Å². The molecule has 1 aliphatic rings. The van der Waals surface area contributed by atoms with E-state index in [-0.39, 0.29) is 11.9 Å². The summed E-state index contributed by atoms with van der Waals surface area (Å²) in [6.45, 7) is 1.38. The largest absolute Gasteiger partial charge is 0.449 e. The van der Waals surface area contributed by atoms with Crippen molar-refractivity contribution < 1.29 is 23.5 Å². The molecule has 0 aliphatic heterocycles. The van der Waals surface area contributed by atoms with Gasteiger partial charge in [-0.3, -0.25) is 10.1 Å². The number of aromatic nitrogens is 1. The van der Waals surface area contributed by atoms with Gasteiger partial charge < -0.3 is 14.5 Å². The zero-order chi connectivity index (χ0) is 17.8. The van der Waals surface area contributed by atoms with Gasteiger partial charge in [0.05, 0.1) is 0 Å². The molecule has 1 atom stereocenters. The fourth-order valence-electron chi connectivity index (χ4n) is 2.03. The van der Waals surface area contributed by atoms with Crippen LogP contribution in [0.25, 0.3) is 17.2 Å². The third-order valence-electron chi connectivity index (χ3n) is 3.48. The molecule has 2 aromatic rings. The molecule has 1 aromatic carbocycles. The van der Waals surface area contributed by atoms with Gasteiger partial charge in [0.2, 0.25) is 5.89 Å². The van der Waals surface area contributed by atoms with Crippen LogP contribution in [-0.2, 0) is 14.3 Å². The van der Waals surface area contributed by atoms with Crippen molar-refractivity contribution in [1.82, 2.24) is 15.6 Å². The standard InChI is InChI=1S/C17H17N3O5/c1-10(16(22)20-17(23)18-11-6-7-11)24-15(21)9-8-14-19-12-4-2-3-5-13(12)25-14/h2-5,8-11H,6-7H2,1H3,(H2,18,20,22,23)/b9-8+. The molecule has 130 valence electrons. The number of carbonyl (C=O) groups excluding carboxylic acids is 3. The number of hydrogen-bond acceptors (Lipinski definition) is 6. The summed E-state index contributed by atoms with van der Waals surface area (Å²) in [4.78, 5) is 39.2. The highest BCUT2D eigenvalue weighted by atomic mass is 16.5. The molecule has 8 nitrogen and oxygen atoms in total. The van der Waals surface area contributed by atoms with Crippen LogP contribution >= 0.6 is 0 Å². The predicted molar refractivity (Wildman–Crippen MR) is 88.3 cm³/mol. The fourth-order valence-corrected chi connectivity index (χ4v) is 2.03. The topological polar surface area (TPSA) is 111 Å². The Bertz CT molecular complexity index is 805. The number of carbonyl (C=O) groups is 3. The van der Waals surface area contributed by atoms with Gasteiger partial charge in [0.25, 0.3) is 5.91 Å². The SMILES string of the molecule is CC(OC(=O)/C=C/c1nc2ccccc2o1)C(=O)NC(=O)NC1CC1. The minimum absolute atomic E-state index is 0.130. The number of fused-ring (bicyclic) bond motifs is 1. The van der Waals surface area contributed by atoms with Crippen molar-refractivity contribution in [2.24, 2.45) is 0 Å². The van der Waals surface area contributed by atoms with Crippen LogP contribution in [0, 0.1) is 0 Å². The molecule has 1 fully saturated rings. The van der Waals surface area contributed by atoms with Crippen LogP contribution in [0.1, 0.15) is 25.7 Å². The first kappa shape index (κ1) is 16.7. The van der Waals surface area contributed by atoms with Gasteiger partial charge in [-0.05, 0) is 31.9 Å². The van der Waals surface area contributed by atoms with Gasteiger partial charge in [0.1, 0.15) is 5.52 Å². The van der Waals surface area contributed by atoms with Gasteiger partial charge in [-0.25, -0.2) is 14.6 Å². The highest BCUT2D eigenvalue weighted by Gasteiger charge is 2.25. The molecule has 2 N–H and O–H groups in total. The number of urea groups is 1. The molecule has 1 heterocycles. The van der Waals surface area contributed by atoms with E-state index >= 15 is 0 Å². The summed E-state index contributed by atoms with van der Waals surface area (Å²) >= 11 is 0. The number of imide groups is 1. The van der Waals surface area contributed by atoms with Crippen molar-refractivity contribution in [3.63, 3.8) is 0 Å². The second-order valence-corrected chi connectivity index (χ2v) is 5.67. The second kappa shape index (κ2) is 7.16. The average Bonchev–Trinajstić information content (AvgIpc) is 3.28. The number of ether oxygens (including phenoxy) is 1. The summed E-state index contributed by atoms with van der Waals surface area (Å²) in [5, 5.41) is 4.73. The van der Waals surface area contributed by atoms with Gasteiger partial charge in [0.15, 0.2) is 11.7 Å². The van der Waals surface area contributed by atoms with Gasteiger partial charge in [0, 0.05) is 18.2 Å². The Morgan fingerprint density at radius 1 is 1.32 bits per heavy atom. The number of amides is 3. The molecular formula is C17H17N3O5. The minimum atomic E-state index is -1.11. The summed E-state index contributed by atoms with van der Waals surface area (Å²) in [5.74, 6) is -1.19. The Hall–Kier alpha value is -3.16. The van der Waals surface area contributed by atoms with E-state index < -0.39 is 24.0 Å². The van der Waals surface area contributed by atoms with Crippen LogP contribution in [0.15, 0.2) is 34.8 Å². The van der Waals surface area contributed by atoms with Crippen molar-refractivity contribution in [2.75, 3.05) is 0 Å². The van der Waals surface area contributed by atoms with Crippen LogP contribution in [-0.4, -0.2) is 35.0 Å². The Kier molecular flexibility index (Phi) is 4.78. The first-order valence-electron chi connectivity index (χ1n) is 7.87. The lowest BCUT2D eigenvalue weighted by molar-refractivity contribution is -0.149. The van der Waals surface area contributed by atoms with Crippen molar-refractivity contribution in [1.29, 1.82) is 0 Å². The molecule has 1 aromatic heterocycles. The lowest BCUT2D eigenvalue weighted by atomic mass is 10.3. The number of rotatable bonds is 5. The summed E-state index contributed by atoms with van der Waals surface area (Å²) in [5.41, 5.74) is 1.27. The van der Waals surface area contributed by atoms with Crippen molar-refractivity contribution in [3.8, 4) is 0 Å². The number of benzene rings is 1. The van der Waals surface area contributed by atoms with Gasteiger partial charge in [-0.15, -0.1) is 0 Å². The Labute approximate surface area is 143 Å². The Balaban J connectivity index is 1.50. The first-order chi connectivity index (χ1) is 12.0. The van der Waals surface area contributed by atoms with Crippen LogP contribution in [0.3, 0.4) is 0 Å². The number of oxazole rings is 1. The molecule has 1 unspecified atom stereocenters. The highest BCUT2D eigenvalue weighted by Crippen LogP contribution is 2.18. The molecule has 1 aliphatic carbocycles. The normalized spacial score (nSPS) is 15.1. The maximum absolute atomic E-state index is 11.8. The fraction of sp³-hybridized carbons (Fsp3) is 0.294. The molecule has 3 amide bonds. The minimum Gasteiger partial charge on any atom is -0.449 e. The van der Waals surface area contributed by atoms with Crippen LogP contribution in [0.5, 0.6) is 0 Å². The summed E-state index contributed by atoms with van der Waals surface area (Å²) in [6, 6.07) is 6.73. The van der Waals surface area contributed by atoms with E-state index in [0.29, 0.717) is 11.1 Å². The number of esters is 1. The monoisotopic (exact) mass is 343 g/mol. The zero-order valence-electron chi connectivity index (χ0n) is 13.5. The molecule has 8 heteroatoms. The highest BCUT2D eigenvalue weighted by molar-refractivity contribution is 5.98. The van der Waals surface area contributed by atoms with E-state index in [9.17, 15) is 14.4 Å². The van der Waals surface area contributed by atoms with E-state index in [1.165, 1.54) is 13.0 Å². The van der Waals surface area contributed by atoms with Crippen molar-refractivity contribution >= 4 is 35.1 Å². The van der Waals surface area contributed by atoms with Gasteiger partial charge >= 0.3 is 12.0 Å². The maximum atomic E-state index is 11.8. The number of hydrogen-bond donors (Lipinski definition) is 2. The molecule has 1 saturated carbocycles.